The topological polar surface area (TPSA) is 96.0 Å². The van der Waals surface area contributed by atoms with E-state index in [1.807, 2.05) is 52.0 Å². The number of carbonyl (C=O) groups is 2. The largest absolute Gasteiger partial charge is 0.495 e. The highest BCUT2D eigenvalue weighted by atomic mass is 35.5. The number of amides is 2. The summed E-state index contributed by atoms with van der Waals surface area (Å²) < 4.78 is 31.8. The number of nitrogens with zero attached hydrogens (tertiary/aromatic N) is 2. The Labute approximate surface area is 213 Å². The van der Waals surface area contributed by atoms with Gasteiger partial charge in [-0.1, -0.05) is 35.9 Å². The molecule has 0 fully saturated rings. The number of anilines is 1. The molecule has 192 valence electrons. The van der Waals surface area contributed by atoms with Crippen molar-refractivity contribution in [2.45, 2.75) is 52.7 Å². The molecule has 0 radical (unpaired) electrons. The van der Waals surface area contributed by atoms with Gasteiger partial charge in [0.1, 0.15) is 18.3 Å². The second kappa shape index (κ2) is 11.3. The van der Waals surface area contributed by atoms with Crippen molar-refractivity contribution in [3.05, 3.63) is 58.6 Å². The molecule has 0 aliphatic heterocycles. The fourth-order valence-corrected chi connectivity index (χ4v) is 4.49. The van der Waals surface area contributed by atoms with E-state index in [2.05, 4.69) is 5.32 Å². The van der Waals surface area contributed by atoms with E-state index in [-0.39, 0.29) is 28.9 Å². The highest BCUT2D eigenvalue weighted by Crippen LogP contribution is 2.33. The fourth-order valence-electron chi connectivity index (χ4n) is 3.48. The number of aryl methyl sites for hydroxylation is 1. The summed E-state index contributed by atoms with van der Waals surface area (Å²) in [5.41, 5.74) is 1.43. The fraction of sp³-hybridized carbons (Fsp3) is 0.440. The molecule has 0 aliphatic rings. The average molecular weight is 524 g/mol. The molecule has 2 aromatic rings. The van der Waals surface area contributed by atoms with Crippen molar-refractivity contribution in [2.24, 2.45) is 0 Å². The van der Waals surface area contributed by atoms with E-state index in [1.54, 1.807) is 13.0 Å². The molecule has 0 saturated carbocycles. The lowest BCUT2D eigenvalue weighted by Crippen LogP contribution is -2.54. The van der Waals surface area contributed by atoms with Crippen LogP contribution in [0.1, 0.15) is 38.8 Å². The first kappa shape index (κ1) is 28.5. The van der Waals surface area contributed by atoms with Gasteiger partial charge in [0.15, 0.2) is 0 Å². The first-order valence-corrected chi connectivity index (χ1v) is 13.3. The summed E-state index contributed by atoms with van der Waals surface area (Å²) in [5.74, 6) is -0.639. The maximum Gasteiger partial charge on any atom is 0.244 e. The number of hydrogen-bond acceptors (Lipinski definition) is 5. The molecule has 8 nitrogen and oxygen atoms in total. The van der Waals surface area contributed by atoms with Crippen molar-refractivity contribution >= 4 is 39.1 Å². The second-order valence-electron chi connectivity index (χ2n) is 9.45. The summed E-state index contributed by atoms with van der Waals surface area (Å²) >= 11 is 6.12. The number of benzene rings is 2. The summed E-state index contributed by atoms with van der Waals surface area (Å²) in [5, 5.41) is 3.18. The molecule has 1 N–H and O–H groups in total. The molecular formula is C25H34ClN3O5S. The van der Waals surface area contributed by atoms with Gasteiger partial charge in [-0.05, 0) is 63.9 Å². The number of sulfonamides is 1. The third kappa shape index (κ3) is 7.86. The van der Waals surface area contributed by atoms with E-state index in [0.717, 1.165) is 21.7 Å². The zero-order valence-corrected chi connectivity index (χ0v) is 22.8. The molecule has 0 aromatic heterocycles. The minimum Gasteiger partial charge on any atom is -0.495 e. The van der Waals surface area contributed by atoms with Crippen molar-refractivity contribution in [1.29, 1.82) is 0 Å². The van der Waals surface area contributed by atoms with Gasteiger partial charge in [0.05, 0.1) is 19.1 Å². The average Bonchev–Trinajstić information content (AvgIpc) is 2.74. The molecule has 0 unspecified atom stereocenters. The van der Waals surface area contributed by atoms with E-state index in [9.17, 15) is 18.0 Å². The summed E-state index contributed by atoms with van der Waals surface area (Å²) in [4.78, 5) is 28.0. The van der Waals surface area contributed by atoms with Crippen LogP contribution in [0, 0.1) is 6.92 Å². The molecule has 0 heterocycles. The number of carbonyl (C=O) groups excluding carboxylic acids is 2. The summed E-state index contributed by atoms with van der Waals surface area (Å²) in [6.07, 6.45) is 1.00. The number of halogens is 1. The van der Waals surface area contributed by atoms with Gasteiger partial charge in [-0.2, -0.15) is 0 Å². The molecule has 1 atom stereocenters. The van der Waals surface area contributed by atoms with E-state index >= 15 is 0 Å². The maximum absolute atomic E-state index is 13.7. The smallest absolute Gasteiger partial charge is 0.244 e. The van der Waals surface area contributed by atoms with Crippen LogP contribution in [0.3, 0.4) is 0 Å². The lowest BCUT2D eigenvalue weighted by atomic mass is 10.1. The van der Waals surface area contributed by atoms with Crippen LogP contribution in [0.5, 0.6) is 5.75 Å². The SMILES string of the molecule is COc1ccc(Cl)cc1N(CC(=O)N(Cc1ccccc1C)[C@H](C)C(=O)NC(C)(C)C)S(C)(=O)=O. The number of rotatable bonds is 9. The molecular weight excluding hydrogens is 490 g/mol. The molecule has 0 spiro atoms. The highest BCUT2D eigenvalue weighted by Gasteiger charge is 2.32. The molecule has 0 aliphatic carbocycles. The van der Waals surface area contributed by atoms with Crippen LogP contribution in [-0.2, 0) is 26.2 Å². The Hall–Kier alpha value is -2.78. The molecule has 2 aromatic carbocycles. The predicted molar refractivity (Wildman–Crippen MR) is 139 cm³/mol. The predicted octanol–water partition coefficient (Wildman–Crippen LogP) is 3.76. The highest BCUT2D eigenvalue weighted by molar-refractivity contribution is 7.92. The zero-order valence-electron chi connectivity index (χ0n) is 21.3. The van der Waals surface area contributed by atoms with Crippen LogP contribution in [0.4, 0.5) is 5.69 Å². The molecule has 0 bridgehead atoms. The normalized spacial score (nSPS) is 12.6. The quantitative estimate of drug-likeness (QED) is 0.540. The minimum absolute atomic E-state index is 0.133. The Kier molecular flexibility index (Phi) is 9.19. The van der Waals surface area contributed by atoms with Gasteiger partial charge in [0, 0.05) is 17.1 Å². The van der Waals surface area contributed by atoms with E-state index < -0.39 is 34.1 Å². The lowest BCUT2D eigenvalue weighted by Gasteiger charge is -2.33. The van der Waals surface area contributed by atoms with Crippen LogP contribution in [0.2, 0.25) is 5.02 Å². The van der Waals surface area contributed by atoms with Crippen molar-refractivity contribution in [3.63, 3.8) is 0 Å². The van der Waals surface area contributed by atoms with Crippen LogP contribution >= 0.6 is 11.6 Å². The van der Waals surface area contributed by atoms with Crippen molar-refractivity contribution in [1.82, 2.24) is 10.2 Å². The zero-order chi connectivity index (χ0) is 26.6. The van der Waals surface area contributed by atoms with Crippen LogP contribution in [-0.4, -0.2) is 56.6 Å². The summed E-state index contributed by atoms with van der Waals surface area (Å²) in [6.45, 7) is 8.69. The van der Waals surface area contributed by atoms with Crippen LogP contribution < -0.4 is 14.4 Å². The summed E-state index contributed by atoms with van der Waals surface area (Å²) in [6, 6.07) is 11.2. The van der Waals surface area contributed by atoms with Crippen molar-refractivity contribution in [2.75, 3.05) is 24.2 Å². The third-order valence-corrected chi connectivity index (χ3v) is 6.72. The molecule has 35 heavy (non-hydrogen) atoms. The molecule has 2 rings (SSSR count). The van der Waals surface area contributed by atoms with E-state index in [0.29, 0.717) is 0 Å². The van der Waals surface area contributed by atoms with E-state index in [1.165, 1.54) is 24.1 Å². The van der Waals surface area contributed by atoms with Crippen molar-refractivity contribution in [3.8, 4) is 5.75 Å². The lowest BCUT2D eigenvalue weighted by molar-refractivity contribution is -0.140. The summed E-state index contributed by atoms with van der Waals surface area (Å²) in [7, 11) is -2.50. The monoisotopic (exact) mass is 523 g/mol. The van der Waals surface area contributed by atoms with Gasteiger partial charge >= 0.3 is 0 Å². The first-order chi connectivity index (χ1) is 16.1. The van der Waals surface area contributed by atoms with Gasteiger partial charge in [0.2, 0.25) is 21.8 Å². The maximum atomic E-state index is 13.7. The molecule has 2 amide bonds. The van der Waals surface area contributed by atoms with Gasteiger partial charge in [0.25, 0.3) is 0 Å². The molecule has 0 saturated heterocycles. The number of methoxy groups -OCH3 is 1. The van der Waals surface area contributed by atoms with Gasteiger partial charge in [-0.25, -0.2) is 8.42 Å². The Morgan fingerprint density at radius 1 is 1.14 bits per heavy atom. The Bertz CT molecular complexity index is 1180. The van der Waals surface area contributed by atoms with E-state index in [4.69, 9.17) is 16.3 Å². The number of nitrogens with one attached hydrogen (secondary N) is 1. The van der Waals surface area contributed by atoms with Gasteiger partial charge in [-0.3, -0.25) is 13.9 Å². The standard InChI is InChI=1S/C25H34ClN3O5S/c1-17-10-8-9-11-19(17)15-28(18(2)24(31)27-25(3,4)5)23(30)16-29(35(7,32)33)21-14-20(26)12-13-22(21)34-6/h8-14,18H,15-16H2,1-7H3,(H,27,31)/t18-/m1/s1. The number of ether oxygens (including phenoxy) is 1. The minimum atomic E-state index is -3.91. The van der Waals surface area contributed by atoms with Crippen molar-refractivity contribution < 1.29 is 22.7 Å². The third-order valence-electron chi connectivity index (χ3n) is 5.36. The van der Waals surface area contributed by atoms with Gasteiger partial charge < -0.3 is 15.0 Å². The Morgan fingerprint density at radius 2 is 1.77 bits per heavy atom. The van der Waals surface area contributed by atoms with Crippen LogP contribution in [0.25, 0.3) is 0 Å². The van der Waals surface area contributed by atoms with Crippen LogP contribution in [0.15, 0.2) is 42.5 Å². The first-order valence-electron chi connectivity index (χ1n) is 11.1. The number of hydrogen-bond donors (Lipinski definition) is 1. The molecule has 10 heteroatoms. The Morgan fingerprint density at radius 3 is 2.31 bits per heavy atom. The Balaban J connectivity index is 2.49. The second-order valence-corrected chi connectivity index (χ2v) is 11.8. The van der Waals surface area contributed by atoms with Gasteiger partial charge in [-0.15, -0.1) is 0 Å².